The van der Waals surface area contributed by atoms with E-state index in [1.54, 1.807) is 12.1 Å². The Morgan fingerprint density at radius 3 is 2.00 bits per heavy atom. The van der Waals surface area contributed by atoms with E-state index in [-0.39, 0.29) is 12.0 Å². The summed E-state index contributed by atoms with van der Waals surface area (Å²) >= 11 is 0. The second-order valence-corrected chi connectivity index (χ2v) is 6.92. The Bertz CT molecular complexity index is 499. The third-order valence-electron chi connectivity index (χ3n) is 3.69. The van der Waals surface area contributed by atoms with Crippen LogP contribution in [0.3, 0.4) is 0 Å². The molecule has 114 valence electrons. The fraction of sp³-hybridized carbons (Fsp3) is 0.571. The average molecular weight is 300 g/mol. The molecule has 1 rings (SSSR count). The van der Waals surface area contributed by atoms with Crippen LogP contribution in [0.2, 0.25) is 0 Å². The number of anilines is 2. The van der Waals surface area contributed by atoms with Crippen LogP contribution in [0.25, 0.3) is 0 Å². The van der Waals surface area contributed by atoms with Crippen LogP contribution in [0.5, 0.6) is 0 Å². The van der Waals surface area contributed by atoms with Crippen LogP contribution in [0.4, 0.5) is 11.4 Å². The zero-order valence-corrected chi connectivity index (χ0v) is 13.1. The van der Waals surface area contributed by atoms with Gasteiger partial charge < -0.3 is 10.4 Å². The molecule has 3 N–H and O–H groups in total. The molecule has 0 spiro atoms. The van der Waals surface area contributed by atoms with E-state index in [1.165, 1.54) is 0 Å². The van der Waals surface area contributed by atoms with Gasteiger partial charge in [0.1, 0.15) is 0 Å². The molecule has 0 aliphatic rings. The molecule has 0 amide bonds. The predicted octanol–water partition coefficient (Wildman–Crippen LogP) is 2.27. The van der Waals surface area contributed by atoms with Gasteiger partial charge in [0.2, 0.25) is 10.0 Å². The van der Waals surface area contributed by atoms with Crippen molar-refractivity contribution in [3.63, 3.8) is 0 Å². The van der Waals surface area contributed by atoms with Crippen molar-refractivity contribution in [2.75, 3.05) is 29.4 Å². The number of aliphatic hydroxyl groups is 1. The summed E-state index contributed by atoms with van der Waals surface area (Å²) < 4.78 is 24.6. The largest absolute Gasteiger partial charge is 0.396 e. The first-order chi connectivity index (χ1) is 9.34. The number of nitrogens with one attached hydrogen (secondary N) is 2. The third-order valence-corrected chi connectivity index (χ3v) is 4.30. The molecule has 0 heterocycles. The van der Waals surface area contributed by atoms with Gasteiger partial charge in [-0.15, -0.1) is 0 Å². The smallest absolute Gasteiger partial charge is 0.229 e. The minimum atomic E-state index is -3.24. The number of hydrogen-bond donors (Lipinski definition) is 3. The van der Waals surface area contributed by atoms with E-state index in [9.17, 15) is 13.5 Å². The first kappa shape index (κ1) is 16.8. The van der Waals surface area contributed by atoms with E-state index in [0.29, 0.717) is 12.2 Å². The first-order valence-corrected chi connectivity index (χ1v) is 8.66. The lowest BCUT2D eigenvalue weighted by Gasteiger charge is -2.30. The fourth-order valence-corrected chi connectivity index (χ4v) is 2.50. The van der Waals surface area contributed by atoms with Crippen LogP contribution in [0.1, 0.15) is 26.7 Å². The predicted molar refractivity (Wildman–Crippen MR) is 83.5 cm³/mol. The van der Waals surface area contributed by atoms with Gasteiger partial charge >= 0.3 is 0 Å². The molecule has 6 heteroatoms. The highest BCUT2D eigenvalue weighted by atomic mass is 32.2. The van der Waals surface area contributed by atoms with Gasteiger partial charge in [-0.2, -0.15) is 0 Å². The molecule has 0 atom stereocenters. The summed E-state index contributed by atoms with van der Waals surface area (Å²) in [6.45, 7) is 4.98. The van der Waals surface area contributed by atoms with Crippen molar-refractivity contribution >= 4 is 21.4 Å². The lowest BCUT2D eigenvalue weighted by Crippen LogP contribution is -2.32. The van der Waals surface area contributed by atoms with Crippen LogP contribution in [0, 0.1) is 5.41 Å². The van der Waals surface area contributed by atoms with Gasteiger partial charge in [0, 0.05) is 23.3 Å². The molecule has 1 aromatic carbocycles. The van der Waals surface area contributed by atoms with Gasteiger partial charge in [-0.05, 0) is 37.1 Å². The average Bonchev–Trinajstić information content (AvgIpc) is 2.41. The van der Waals surface area contributed by atoms with Crippen molar-refractivity contribution in [1.29, 1.82) is 0 Å². The molecule has 0 aromatic heterocycles. The van der Waals surface area contributed by atoms with Crippen LogP contribution in [-0.4, -0.2) is 32.9 Å². The van der Waals surface area contributed by atoms with E-state index in [1.807, 2.05) is 12.1 Å². The summed E-state index contributed by atoms with van der Waals surface area (Å²) in [7, 11) is -3.24. The molecule has 0 fully saturated rings. The number of benzene rings is 1. The normalized spacial score (nSPS) is 12.2. The summed E-state index contributed by atoms with van der Waals surface area (Å²) in [5, 5.41) is 12.8. The zero-order chi connectivity index (χ0) is 15.2. The minimum Gasteiger partial charge on any atom is -0.396 e. The number of sulfonamides is 1. The van der Waals surface area contributed by atoms with Crippen molar-refractivity contribution in [3.05, 3.63) is 24.3 Å². The molecular formula is C14H24N2O3S. The minimum absolute atomic E-state index is 0.107. The molecular weight excluding hydrogens is 276 g/mol. The molecule has 0 radical (unpaired) electrons. The summed E-state index contributed by atoms with van der Waals surface area (Å²) in [6.07, 6.45) is 2.93. The Morgan fingerprint density at radius 2 is 1.60 bits per heavy atom. The van der Waals surface area contributed by atoms with Crippen molar-refractivity contribution in [2.45, 2.75) is 26.7 Å². The molecule has 5 nitrogen and oxygen atoms in total. The van der Waals surface area contributed by atoms with E-state index in [2.05, 4.69) is 23.9 Å². The Kier molecular flexibility index (Phi) is 5.83. The molecule has 20 heavy (non-hydrogen) atoms. The molecule has 0 saturated carbocycles. The summed E-state index contributed by atoms with van der Waals surface area (Å²) in [4.78, 5) is 0. The second kappa shape index (κ2) is 6.95. The van der Waals surface area contributed by atoms with Crippen molar-refractivity contribution in [2.24, 2.45) is 5.41 Å². The lowest BCUT2D eigenvalue weighted by molar-refractivity contribution is 0.127. The molecule has 0 aliphatic carbocycles. The van der Waals surface area contributed by atoms with Crippen LogP contribution >= 0.6 is 0 Å². The molecule has 0 saturated heterocycles. The van der Waals surface area contributed by atoms with Crippen LogP contribution < -0.4 is 10.0 Å². The number of hydrogen-bond acceptors (Lipinski definition) is 4. The highest BCUT2D eigenvalue weighted by Gasteiger charge is 2.24. The maximum Gasteiger partial charge on any atom is 0.229 e. The number of rotatable bonds is 8. The number of aliphatic hydroxyl groups excluding tert-OH is 1. The Balaban J connectivity index is 2.66. The van der Waals surface area contributed by atoms with Crippen molar-refractivity contribution in [3.8, 4) is 0 Å². The molecule has 0 aliphatic heterocycles. The Hall–Kier alpha value is -1.27. The monoisotopic (exact) mass is 300 g/mol. The molecule has 0 bridgehead atoms. The van der Waals surface area contributed by atoms with Gasteiger partial charge in [-0.1, -0.05) is 13.8 Å². The van der Waals surface area contributed by atoms with Crippen molar-refractivity contribution < 1.29 is 13.5 Å². The Morgan fingerprint density at radius 1 is 1.10 bits per heavy atom. The van der Waals surface area contributed by atoms with Gasteiger partial charge in [0.25, 0.3) is 0 Å². The SMILES string of the molecule is CCC(CC)(CO)CNc1ccc(NS(C)(=O)=O)cc1. The molecule has 1 aromatic rings. The van der Waals surface area contributed by atoms with E-state index < -0.39 is 10.0 Å². The van der Waals surface area contributed by atoms with Crippen molar-refractivity contribution in [1.82, 2.24) is 0 Å². The topological polar surface area (TPSA) is 78.4 Å². The lowest BCUT2D eigenvalue weighted by atomic mass is 9.83. The standard InChI is InChI=1S/C14H24N2O3S/c1-4-14(5-2,11-17)10-15-12-6-8-13(9-7-12)16-20(3,18)19/h6-9,15-17H,4-5,10-11H2,1-3H3. The maximum atomic E-state index is 11.1. The van der Waals surface area contributed by atoms with Gasteiger partial charge in [-0.25, -0.2) is 8.42 Å². The first-order valence-electron chi connectivity index (χ1n) is 6.77. The molecule has 0 unspecified atom stereocenters. The summed E-state index contributed by atoms with van der Waals surface area (Å²) in [5.41, 5.74) is 1.34. The van der Waals surface area contributed by atoms with E-state index in [0.717, 1.165) is 24.8 Å². The quantitative estimate of drug-likeness (QED) is 0.688. The summed E-state index contributed by atoms with van der Waals surface area (Å²) in [5.74, 6) is 0. The van der Waals surface area contributed by atoms with Crippen LogP contribution in [0.15, 0.2) is 24.3 Å². The van der Waals surface area contributed by atoms with Crippen LogP contribution in [-0.2, 0) is 10.0 Å². The van der Waals surface area contributed by atoms with Gasteiger partial charge in [-0.3, -0.25) is 4.72 Å². The third kappa shape index (κ3) is 5.02. The second-order valence-electron chi connectivity index (χ2n) is 5.17. The zero-order valence-electron chi connectivity index (χ0n) is 12.3. The Labute approximate surface area is 121 Å². The summed E-state index contributed by atoms with van der Waals surface area (Å²) in [6, 6.07) is 7.06. The van der Waals surface area contributed by atoms with Gasteiger partial charge in [0.15, 0.2) is 0 Å². The van der Waals surface area contributed by atoms with E-state index >= 15 is 0 Å². The van der Waals surface area contributed by atoms with Gasteiger partial charge in [0.05, 0.1) is 12.9 Å². The highest BCUT2D eigenvalue weighted by Crippen LogP contribution is 2.26. The maximum absolute atomic E-state index is 11.1. The fourth-order valence-electron chi connectivity index (χ4n) is 1.94. The van der Waals surface area contributed by atoms with E-state index in [4.69, 9.17) is 0 Å². The highest BCUT2D eigenvalue weighted by molar-refractivity contribution is 7.92.